The number of carbonyl (C=O) groups is 2. The molecule has 3 rings (SSSR count). The van der Waals surface area contributed by atoms with Gasteiger partial charge in [-0.3, -0.25) is 14.6 Å². The lowest BCUT2D eigenvalue weighted by molar-refractivity contribution is -0.126. The number of carbonyl (C=O) groups excluding carboxylic acids is 2. The lowest BCUT2D eigenvalue weighted by atomic mass is 9.95. The summed E-state index contributed by atoms with van der Waals surface area (Å²) in [5, 5.41) is 3.47. The summed E-state index contributed by atoms with van der Waals surface area (Å²) in [5.74, 6) is 0.990. The highest BCUT2D eigenvalue weighted by Crippen LogP contribution is 2.27. The first-order valence-electron chi connectivity index (χ1n) is 10.2. The molecule has 2 heterocycles. The number of ether oxygens (including phenoxy) is 2. The molecule has 1 aliphatic rings. The van der Waals surface area contributed by atoms with Crippen LogP contribution < -0.4 is 14.8 Å². The van der Waals surface area contributed by atoms with Crippen molar-refractivity contribution in [2.45, 2.75) is 33.2 Å². The van der Waals surface area contributed by atoms with Crippen LogP contribution >= 0.6 is 11.6 Å². The van der Waals surface area contributed by atoms with Gasteiger partial charge in [0.2, 0.25) is 5.91 Å². The van der Waals surface area contributed by atoms with Crippen molar-refractivity contribution >= 4 is 23.4 Å². The molecule has 31 heavy (non-hydrogen) atoms. The first-order chi connectivity index (χ1) is 14.8. The predicted molar refractivity (Wildman–Crippen MR) is 119 cm³/mol. The average molecular weight is 446 g/mol. The lowest BCUT2D eigenvalue weighted by Gasteiger charge is -2.31. The maximum absolute atomic E-state index is 12.9. The molecule has 0 radical (unpaired) electrons. The van der Waals surface area contributed by atoms with Gasteiger partial charge in [-0.1, -0.05) is 11.6 Å². The number of aromatic nitrogens is 1. The number of amides is 2. The molecule has 2 aromatic rings. The molecule has 1 saturated heterocycles. The van der Waals surface area contributed by atoms with Gasteiger partial charge in [-0.2, -0.15) is 0 Å². The van der Waals surface area contributed by atoms with Gasteiger partial charge in [0.05, 0.1) is 32.0 Å². The van der Waals surface area contributed by atoms with Crippen molar-refractivity contribution in [3.63, 3.8) is 0 Å². The Balaban J connectivity index is 1.57. The van der Waals surface area contributed by atoms with Gasteiger partial charge in [-0.05, 0) is 44.9 Å². The number of piperidine rings is 1. The van der Waals surface area contributed by atoms with Crippen LogP contribution in [0.15, 0.2) is 24.4 Å². The molecule has 1 fully saturated rings. The number of nitrogens with zero attached hydrogens (tertiary/aromatic N) is 2. The quantitative estimate of drug-likeness (QED) is 0.735. The van der Waals surface area contributed by atoms with Crippen LogP contribution in [-0.4, -0.2) is 49.0 Å². The smallest absolute Gasteiger partial charge is 0.257 e. The Morgan fingerprint density at radius 3 is 2.55 bits per heavy atom. The number of likely N-dealkylation sites (tertiary alicyclic amines) is 1. The van der Waals surface area contributed by atoms with Crippen molar-refractivity contribution in [1.29, 1.82) is 0 Å². The third-order valence-electron chi connectivity index (χ3n) is 5.72. The summed E-state index contributed by atoms with van der Waals surface area (Å²) in [6.45, 7) is 5.23. The minimum Gasteiger partial charge on any atom is -0.496 e. The minimum absolute atomic E-state index is 0.0202. The maximum Gasteiger partial charge on any atom is 0.257 e. The number of nitrogens with one attached hydrogen (secondary N) is 1. The number of methoxy groups -OCH3 is 2. The van der Waals surface area contributed by atoms with Gasteiger partial charge in [0.25, 0.3) is 5.91 Å². The minimum atomic E-state index is -0.141. The summed E-state index contributed by atoms with van der Waals surface area (Å²) in [6, 6.07) is 4.99. The summed E-state index contributed by atoms with van der Waals surface area (Å²) in [4.78, 5) is 31.8. The molecular formula is C23H28ClN3O4. The first kappa shape index (κ1) is 22.9. The van der Waals surface area contributed by atoms with E-state index in [2.05, 4.69) is 10.3 Å². The number of pyridine rings is 1. The molecule has 7 nitrogen and oxygen atoms in total. The number of aryl methyl sites for hydroxylation is 1. The summed E-state index contributed by atoms with van der Waals surface area (Å²) in [5.41, 5.74) is 3.12. The molecule has 1 aliphatic heterocycles. The Morgan fingerprint density at radius 2 is 1.90 bits per heavy atom. The zero-order valence-electron chi connectivity index (χ0n) is 18.3. The SMILES string of the molecule is COc1ccc(Cl)cc1C(=O)N1CCC(C(=O)NCc2ncc(C)c(OC)c2C)CC1. The third-order valence-corrected chi connectivity index (χ3v) is 5.96. The fraction of sp³-hybridized carbons (Fsp3) is 0.435. The van der Waals surface area contributed by atoms with Crippen molar-refractivity contribution in [3.05, 3.63) is 51.8 Å². The molecule has 0 saturated carbocycles. The van der Waals surface area contributed by atoms with E-state index < -0.39 is 0 Å². The second-order valence-corrected chi connectivity index (χ2v) is 8.11. The fourth-order valence-corrected chi connectivity index (χ4v) is 4.10. The highest BCUT2D eigenvalue weighted by Gasteiger charge is 2.29. The summed E-state index contributed by atoms with van der Waals surface area (Å²) < 4.78 is 10.7. The van der Waals surface area contributed by atoms with Crippen molar-refractivity contribution in [3.8, 4) is 11.5 Å². The number of hydrogen-bond donors (Lipinski definition) is 1. The van der Waals surface area contributed by atoms with E-state index in [0.717, 1.165) is 22.6 Å². The predicted octanol–water partition coefficient (Wildman–Crippen LogP) is 3.54. The van der Waals surface area contributed by atoms with Crippen LogP contribution in [0, 0.1) is 19.8 Å². The van der Waals surface area contributed by atoms with Gasteiger partial charge in [0, 0.05) is 41.4 Å². The van der Waals surface area contributed by atoms with Gasteiger partial charge in [-0.25, -0.2) is 0 Å². The highest BCUT2D eigenvalue weighted by molar-refractivity contribution is 6.31. The van der Waals surface area contributed by atoms with E-state index in [-0.39, 0.29) is 17.7 Å². The van der Waals surface area contributed by atoms with Gasteiger partial charge < -0.3 is 19.7 Å². The van der Waals surface area contributed by atoms with Crippen molar-refractivity contribution in [1.82, 2.24) is 15.2 Å². The fourth-order valence-electron chi connectivity index (χ4n) is 3.93. The largest absolute Gasteiger partial charge is 0.496 e. The Bertz CT molecular complexity index is 972. The van der Waals surface area contributed by atoms with E-state index >= 15 is 0 Å². The zero-order valence-corrected chi connectivity index (χ0v) is 19.1. The molecule has 0 unspecified atom stereocenters. The van der Waals surface area contributed by atoms with E-state index in [9.17, 15) is 9.59 Å². The van der Waals surface area contributed by atoms with E-state index in [1.165, 1.54) is 7.11 Å². The second kappa shape index (κ2) is 10.0. The van der Waals surface area contributed by atoms with Crippen LogP contribution in [-0.2, 0) is 11.3 Å². The Hall–Kier alpha value is -2.80. The topological polar surface area (TPSA) is 80.8 Å². The van der Waals surface area contributed by atoms with E-state index in [1.54, 1.807) is 36.4 Å². The standard InChI is InChI=1S/C23H28ClN3O4/c1-14-12-25-19(15(2)21(14)31-4)13-26-22(28)16-7-9-27(10-8-16)23(29)18-11-17(24)5-6-20(18)30-3/h5-6,11-12,16H,7-10,13H2,1-4H3,(H,26,28). The lowest BCUT2D eigenvalue weighted by Crippen LogP contribution is -2.43. The molecule has 1 N–H and O–H groups in total. The molecule has 8 heteroatoms. The van der Waals surface area contributed by atoms with Crippen LogP contribution in [0.1, 0.15) is 40.0 Å². The average Bonchev–Trinajstić information content (AvgIpc) is 2.78. The molecule has 1 aromatic carbocycles. The molecule has 2 amide bonds. The van der Waals surface area contributed by atoms with Crippen LogP contribution in [0.2, 0.25) is 5.02 Å². The van der Waals surface area contributed by atoms with Gasteiger partial charge in [0.15, 0.2) is 0 Å². The zero-order chi connectivity index (χ0) is 22.5. The Labute approximate surface area is 187 Å². The maximum atomic E-state index is 12.9. The van der Waals surface area contributed by atoms with Crippen LogP contribution in [0.5, 0.6) is 11.5 Å². The van der Waals surface area contributed by atoms with Gasteiger partial charge in [0.1, 0.15) is 11.5 Å². The van der Waals surface area contributed by atoms with Crippen molar-refractivity contribution in [2.24, 2.45) is 5.92 Å². The number of hydrogen-bond acceptors (Lipinski definition) is 5. The highest BCUT2D eigenvalue weighted by atomic mass is 35.5. The molecule has 0 bridgehead atoms. The monoisotopic (exact) mass is 445 g/mol. The van der Waals surface area contributed by atoms with E-state index in [4.69, 9.17) is 21.1 Å². The number of rotatable bonds is 6. The van der Waals surface area contributed by atoms with Crippen LogP contribution in [0.4, 0.5) is 0 Å². The van der Waals surface area contributed by atoms with E-state index in [1.807, 2.05) is 13.8 Å². The van der Waals surface area contributed by atoms with Crippen molar-refractivity contribution < 1.29 is 19.1 Å². The normalized spacial score (nSPS) is 14.3. The molecular weight excluding hydrogens is 418 g/mol. The van der Waals surface area contributed by atoms with Gasteiger partial charge in [-0.15, -0.1) is 0 Å². The second-order valence-electron chi connectivity index (χ2n) is 7.68. The molecule has 1 aromatic heterocycles. The van der Waals surface area contributed by atoms with Crippen LogP contribution in [0.25, 0.3) is 0 Å². The molecule has 0 spiro atoms. The first-order valence-corrected chi connectivity index (χ1v) is 10.6. The third kappa shape index (κ3) is 5.10. The molecule has 0 atom stereocenters. The van der Waals surface area contributed by atoms with Gasteiger partial charge >= 0.3 is 0 Å². The summed E-state index contributed by atoms with van der Waals surface area (Å²) in [6.07, 6.45) is 2.95. The number of halogens is 1. The van der Waals surface area contributed by atoms with Crippen LogP contribution in [0.3, 0.4) is 0 Å². The Morgan fingerprint density at radius 1 is 1.19 bits per heavy atom. The summed E-state index contributed by atoms with van der Waals surface area (Å²) >= 11 is 6.05. The molecule has 166 valence electrons. The Kier molecular flexibility index (Phi) is 7.38. The number of benzene rings is 1. The summed E-state index contributed by atoms with van der Waals surface area (Å²) in [7, 11) is 3.16. The van der Waals surface area contributed by atoms with Crippen molar-refractivity contribution in [2.75, 3.05) is 27.3 Å². The van der Waals surface area contributed by atoms with E-state index in [0.29, 0.717) is 48.8 Å². The molecule has 0 aliphatic carbocycles.